The Labute approximate surface area is 199 Å². The van der Waals surface area contributed by atoms with Gasteiger partial charge in [-0.2, -0.15) is 0 Å². The van der Waals surface area contributed by atoms with Gasteiger partial charge >= 0.3 is 0 Å². The number of fused-ring (bicyclic) bond motifs is 7. The SMILES string of the molecule is CO[C@H]1CC[C@]2(C)C3=CC[C@]4(C)C5CCC(C(C)C)[C@]5(C)CCC4(C)[C@@H]3CCC2C1(C)C. The largest absolute Gasteiger partial charge is 0.381 e. The van der Waals surface area contributed by atoms with Crippen LogP contribution in [0.3, 0.4) is 0 Å². The van der Waals surface area contributed by atoms with Gasteiger partial charge in [0.05, 0.1) is 6.10 Å². The molecule has 0 bridgehead atoms. The molecule has 182 valence electrons. The van der Waals surface area contributed by atoms with Crippen LogP contribution in [0, 0.1) is 56.7 Å². The lowest BCUT2D eigenvalue weighted by Crippen LogP contribution is -2.62. The third kappa shape index (κ3) is 2.67. The van der Waals surface area contributed by atoms with Crippen LogP contribution in [-0.2, 0) is 4.74 Å². The van der Waals surface area contributed by atoms with Crippen molar-refractivity contribution in [2.75, 3.05) is 7.11 Å². The molecular weight excluding hydrogens is 388 g/mol. The van der Waals surface area contributed by atoms with E-state index in [4.69, 9.17) is 4.74 Å². The van der Waals surface area contributed by atoms with Crippen LogP contribution in [0.1, 0.15) is 113 Å². The van der Waals surface area contributed by atoms with Gasteiger partial charge in [0, 0.05) is 7.11 Å². The van der Waals surface area contributed by atoms with E-state index in [0.29, 0.717) is 27.8 Å². The van der Waals surface area contributed by atoms with Gasteiger partial charge in [-0.3, -0.25) is 0 Å². The summed E-state index contributed by atoms with van der Waals surface area (Å²) in [5.74, 6) is 4.23. The summed E-state index contributed by atoms with van der Waals surface area (Å²) >= 11 is 0. The van der Waals surface area contributed by atoms with Crippen LogP contribution in [0.4, 0.5) is 0 Å². The molecule has 0 heterocycles. The summed E-state index contributed by atoms with van der Waals surface area (Å²) in [4.78, 5) is 0. The van der Waals surface area contributed by atoms with Gasteiger partial charge in [-0.1, -0.05) is 67.0 Å². The van der Waals surface area contributed by atoms with E-state index in [1.54, 1.807) is 0 Å². The molecule has 0 aromatic heterocycles. The van der Waals surface area contributed by atoms with E-state index in [0.717, 1.165) is 29.6 Å². The van der Waals surface area contributed by atoms with E-state index in [-0.39, 0.29) is 5.41 Å². The Morgan fingerprint density at radius 1 is 0.812 bits per heavy atom. The van der Waals surface area contributed by atoms with Gasteiger partial charge in [-0.05, 0) is 114 Å². The van der Waals surface area contributed by atoms with Gasteiger partial charge in [0.1, 0.15) is 0 Å². The number of hydrogen-bond donors (Lipinski definition) is 0. The lowest BCUT2D eigenvalue weighted by atomic mass is 9.35. The molecule has 9 atom stereocenters. The molecule has 0 amide bonds. The first-order chi connectivity index (χ1) is 14.9. The second-order valence-electron chi connectivity index (χ2n) is 14.9. The fourth-order valence-corrected chi connectivity index (χ4v) is 11.7. The molecule has 0 radical (unpaired) electrons. The van der Waals surface area contributed by atoms with Crippen molar-refractivity contribution in [2.45, 2.75) is 119 Å². The number of hydrogen-bond acceptors (Lipinski definition) is 1. The predicted molar refractivity (Wildman–Crippen MR) is 135 cm³/mol. The van der Waals surface area contributed by atoms with E-state index in [1.807, 2.05) is 12.7 Å². The Balaban J connectivity index is 1.54. The standard InChI is InChI=1S/C31H52O/c1-20(2)21-10-13-25-29(21,6)18-19-30(7)23-11-12-24-27(3,4)26(32-9)15-16-28(24,5)22(23)14-17-31(25,30)8/h14,20-21,23-26H,10-13,15-19H2,1-9H3/t21?,23-,24?,25?,26+,28-,29+,30?,31-/m1/s1. The third-order valence-electron chi connectivity index (χ3n) is 13.5. The summed E-state index contributed by atoms with van der Waals surface area (Å²) in [7, 11) is 1.94. The minimum Gasteiger partial charge on any atom is -0.381 e. The van der Waals surface area contributed by atoms with Gasteiger partial charge in [0.25, 0.3) is 0 Å². The molecular formula is C31H52O. The topological polar surface area (TPSA) is 9.23 Å². The fraction of sp³-hybridized carbons (Fsp3) is 0.935. The van der Waals surface area contributed by atoms with E-state index in [2.05, 4.69) is 61.5 Å². The molecule has 0 aromatic rings. The Morgan fingerprint density at radius 2 is 1.50 bits per heavy atom. The van der Waals surface area contributed by atoms with Crippen LogP contribution in [0.25, 0.3) is 0 Å². The first-order valence-corrected chi connectivity index (χ1v) is 14.1. The molecule has 4 unspecified atom stereocenters. The lowest BCUT2D eigenvalue weighted by Gasteiger charge is -2.69. The summed E-state index contributed by atoms with van der Waals surface area (Å²) in [6, 6.07) is 0. The Hall–Kier alpha value is -0.300. The van der Waals surface area contributed by atoms with Crippen molar-refractivity contribution in [3.8, 4) is 0 Å². The molecule has 0 N–H and O–H groups in total. The molecule has 32 heavy (non-hydrogen) atoms. The van der Waals surface area contributed by atoms with Gasteiger partial charge in [0.15, 0.2) is 0 Å². The van der Waals surface area contributed by atoms with Gasteiger partial charge < -0.3 is 4.74 Å². The van der Waals surface area contributed by atoms with Gasteiger partial charge in [-0.15, -0.1) is 0 Å². The number of methoxy groups -OCH3 is 1. The molecule has 0 aliphatic heterocycles. The van der Waals surface area contributed by atoms with Crippen molar-refractivity contribution < 1.29 is 4.74 Å². The first-order valence-electron chi connectivity index (χ1n) is 14.1. The van der Waals surface area contributed by atoms with Crippen molar-refractivity contribution in [3.05, 3.63) is 11.6 Å². The van der Waals surface area contributed by atoms with Crippen LogP contribution in [0.5, 0.6) is 0 Å². The Morgan fingerprint density at radius 3 is 2.16 bits per heavy atom. The predicted octanol–water partition coefficient (Wildman–Crippen LogP) is 8.68. The zero-order valence-electron chi connectivity index (χ0n) is 22.8. The highest BCUT2D eigenvalue weighted by Gasteiger charge is 2.68. The fourth-order valence-electron chi connectivity index (χ4n) is 11.7. The maximum absolute atomic E-state index is 6.03. The summed E-state index contributed by atoms with van der Waals surface area (Å²) in [5, 5.41) is 0. The first kappa shape index (κ1) is 23.4. The molecule has 5 rings (SSSR count). The van der Waals surface area contributed by atoms with Crippen LogP contribution >= 0.6 is 0 Å². The molecule has 1 nitrogen and oxygen atoms in total. The quantitative estimate of drug-likeness (QED) is 0.390. The third-order valence-corrected chi connectivity index (χ3v) is 13.5. The summed E-state index contributed by atoms with van der Waals surface area (Å²) < 4.78 is 6.03. The Bertz CT molecular complexity index is 792. The lowest BCUT2D eigenvalue weighted by molar-refractivity contribution is -0.168. The average molecular weight is 441 g/mol. The molecule has 1 heteroatoms. The maximum atomic E-state index is 6.03. The second kappa shape index (κ2) is 7.11. The van der Waals surface area contributed by atoms with Crippen LogP contribution < -0.4 is 0 Å². The molecule has 0 aromatic carbocycles. The Kier molecular flexibility index (Phi) is 5.21. The molecule has 5 aliphatic rings. The maximum Gasteiger partial charge on any atom is 0.0625 e. The average Bonchev–Trinajstić information content (AvgIpc) is 3.08. The van der Waals surface area contributed by atoms with Crippen LogP contribution in [-0.4, -0.2) is 13.2 Å². The number of ether oxygens (including phenoxy) is 1. The van der Waals surface area contributed by atoms with E-state index in [1.165, 1.54) is 57.8 Å². The van der Waals surface area contributed by atoms with Crippen LogP contribution in [0.2, 0.25) is 0 Å². The van der Waals surface area contributed by atoms with E-state index >= 15 is 0 Å². The van der Waals surface area contributed by atoms with Crippen molar-refractivity contribution in [1.82, 2.24) is 0 Å². The van der Waals surface area contributed by atoms with Crippen molar-refractivity contribution in [2.24, 2.45) is 56.7 Å². The summed E-state index contributed by atoms with van der Waals surface area (Å²) in [6.07, 6.45) is 15.8. The van der Waals surface area contributed by atoms with Crippen molar-refractivity contribution in [3.63, 3.8) is 0 Å². The molecule has 4 fully saturated rings. The minimum atomic E-state index is 0.274. The monoisotopic (exact) mass is 440 g/mol. The zero-order valence-corrected chi connectivity index (χ0v) is 22.8. The summed E-state index contributed by atoms with van der Waals surface area (Å²) in [5.41, 5.74) is 4.05. The molecule has 5 aliphatic carbocycles. The van der Waals surface area contributed by atoms with Crippen molar-refractivity contribution in [1.29, 1.82) is 0 Å². The highest BCUT2D eigenvalue weighted by atomic mass is 16.5. The molecule has 4 saturated carbocycles. The normalized spacial score (nSPS) is 54.3. The van der Waals surface area contributed by atoms with E-state index in [9.17, 15) is 0 Å². The summed E-state index contributed by atoms with van der Waals surface area (Å²) in [6.45, 7) is 20.9. The minimum absolute atomic E-state index is 0.274. The highest BCUT2D eigenvalue weighted by Crippen LogP contribution is 2.76. The number of allylic oxidation sites excluding steroid dienone is 2. The second-order valence-corrected chi connectivity index (χ2v) is 14.9. The molecule has 0 saturated heterocycles. The zero-order chi connectivity index (χ0) is 23.3. The van der Waals surface area contributed by atoms with Crippen LogP contribution in [0.15, 0.2) is 11.6 Å². The van der Waals surface area contributed by atoms with E-state index < -0.39 is 0 Å². The van der Waals surface area contributed by atoms with Gasteiger partial charge in [-0.25, -0.2) is 0 Å². The van der Waals surface area contributed by atoms with Gasteiger partial charge in [0.2, 0.25) is 0 Å². The van der Waals surface area contributed by atoms with Crippen molar-refractivity contribution >= 4 is 0 Å². The number of rotatable bonds is 2. The highest BCUT2D eigenvalue weighted by molar-refractivity contribution is 5.33. The molecule has 0 spiro atoms. The smallest absolute Gasteiger partial charge is 0.0625 e.